The number of ether oxygens (including phenoxy) is 3. The van der Waals surface area contributed by atoms with Gasteiger partial charge in [0, 0.05) is 27.2 Å². The number of cyclic esters (lactones) is 1. The summed E-state index contributed by atoms with van der Waals surface area (Å²) in [6, 6.07) is 6.98. The van der Waals surface area contributed by atoms with E-state index < -0.39 is 24.3 Å². The maximum Gasteiger partial charge on any atom is 0.414 e. The molecular weight excluding hydrogens is 322 g/mol. The molecule has 0 spiro atoms. The summed E-state index contributed by atoms with van der Waals surface area (Å²) in [5, 5.41) is 0. The Bertz CT molecular complexity index is 622. The van der Waals surface area contributed by atoms with Gasteiger partial charge in [-0.25, -0.2) is 4.79 Å². The quantitative estimate of drug-likeness (QED) is 0.787. The third kappa shape index (κ3) is 2.59. The Hall–Kier alpha value is -1.93. The topological polar surface area (TPSA) is 51.2 Å². The summed E-state index contributed by atoms with van der Waals surface area (Å²) in [6.45, 7) is 0.450. The Balaban J connectivity index is 1.90. The maximum absolute atomic E-state index is 14.6. The van der Waals surface area contributed by atoms with Gasteiger partial charge >= 0.3 is 12.0 Å². The van der Waals surface area contributed by atoms with Crippen molar-refractivity contribution in [3.05, 3.63) is 24.3 Å². The fraction of sp³-hybridized carbons (Fsp3) is 0.562. The number of nitrogens with zero attached hydrogens (tertiary/aromatic N) is 2. The van der Waals surface area contributed by atoms with E-state index in [9.17, 15) is 13.6 Å². The van der Waals surface area contributed by atoms with Gasteiger partial charge in [0.15, 0.2) is 0 Å². The fourth-order valence-electron chi connectivity index (χ4n) is 3.27. The Kier molecular flexibility index (Phi) is 4.35. The molecule has 132 valence electrons. The number of anilines is 2. The number of hydrogen-bond acceptors (Lipinski definition) is 5. The first-order chi connectivity index (χ1) is 11.4. The standard InChI is InChI=1S/C16H20F2N2O4/c1-22-16(23-2)7-8-19(11-15(16,17)18)12-5-3-4-6-13(12)20-9-10-24-14(20)21/h3-6H,7-11H2,1-2H3. The summed E-state index contributed by atoms with van der Waals surface area (Å²) in [6.07, 6.45) is -0.458. The second-order valence-corrected chi connectivity index (χ2v) is 5.79. The fourth-order valence-corrected chi connectivity index (χ4v) is 3.27. The second-order valence-electron chi connectivity index (χ2n) is 5.79. The van der Waals surface area contributed by atoms with Crippen molar-refractivity contribution in [2.45, 2.75) is 18.1 Å². The van der Waals surface area contributed by atoms with E-state index in [1.165, 1.54) is 19.1 Å². The molecular formula is C16H20F2N2O4. The highest BCUT2D eigenvalue weighted by Gasteiger charge is 2.58. The van der Waals surface area contributed by atoms with Gasteiger partial charge in [-0.2, -0.15) is 8.78 Å². The Morgan fingerprint density at radius 2 is 1.79 bits per heavy atom. The van der Waals surface area contributed by atoms with Gasteiger partial charge in [-0.1, -0.05) is 12.1 Å². The number of carbonyl (C=O) groups excluding carboxylic acids is 1. The molecule has 0 bridgehead atoms. The minimum Gasteiger partial charge on any atom is -0.447 e. The third-order valence-electron chi connectivity index (χ3n) is 4.59. The monoisotopic (exact) mass is 342 g/mol. The summed E-state index contributed by atoms with van der Waals surface area (Å²) in [5.74, 6) is -5.13. The number of amides is 1. The highest BCUT2D eigenvalue weighted by atomic mass is 19.3. The summed E-state index contributed by atoms with van der Waals surface area (Å²) in [7, 11) is 2.45. The number of benzene rings is 1. The van der Waals surface area contributed by atoms with Crippen LogP contribution in [0.25, 0.3) is 0 Å². The number of carbonyl (C=O) groups is 1. The van der Waals surface area contributed by atoms with Crippen molar-refractivity contribution in [2.24, 2.45) is 0 Å². The molecule has 0 atom stereocenters. The first kappa shape index (κ1) is 16.9. The van der Waals surface area contributed by atoms with Crippen LogP contribution < -0.4 is 9.80 Å². The molecule has 2 aliphatic heterocycles. The van der Waals surface area contributed by atoms with Crippen molar-refractivity contribution in [3.8, 4) is 0 Å². The van der Waals surface area contributed by atoms with Crippen LogP contribution in [0.5, 0.6) is 0 Å². The summed E-state index contributed by atoms with van der Waals surface area (Å²) < 4.78 is 44.2. The van der Waals surface area contributed by atoms with E-state index in [0.29, 0.717) is 31.1 Å². The minimum atomic E-state index is -3.20. The third-order valence-corrected chi connectivity index (χ3v) is 4.59. The molecule has 2 fully saturated rings. The molecule has 0 radical (unpaired) electrons. The lowest BCUT2D eigenvalue weighted by molar-refractivity contribution is -0.324. The Labute approximate surface area is 138 Å². The molecule has 8 heteroatoms. The molecule has 24 heavy (non-hydrogen) atoms. The molecule has 1 aromatic carbocycles. The van der Waals surface area contributed by atoms with Crippen LogP contribution in [0.1, 0.15) is 6.42 Å². The molecule has 2 saturated heterocycles. The van der Waals surface area contributed by atoms with Crippen molar-refractivity contribution in [1.82, 2.24) is 0 Å². The van der Waals surface area contributed by atoms with E-state index in [2.05, 4.69) is 0 Å². The van der Waals surface area contributed by atoms with Crippen LogP contribution in [0.15, 0.2) is 24.3 Å². The van der Waals surface area contributed by atoms with Gasteiger partial charge in [0.2, 0.25) is 5.79 Å². The predicted molar refractivity (Wildman–Crippen MR) is 83.7 cm³/mol. The summed E-state index contributed by atoms with van der Waals surface area (Å²) in [5.41, 5.74) is 1.13. The van der Waals surface area contributed by atoms with Crippen LogP contribution in [0, 0.1) is 0 Å². The van der Waals surface area contributed by atoms with Crippen molar-refractivity contribution in [2.75, 3.05) is 50.3 Å². The maximum atomic E-state index is 14.6. The first-order valence-electron chi connectivity index (χ1n) is 7.70. The molecule has 2 aliphatic rings. The molecule has 3 rings (SSSR count). The SMILES string of the molecule is COC1(OC)CCN(c2ccccc2N2CCOC2=O)CC1(F)F. The van der Waals surface area contributed by atoms with E-state index in [0.717, 1.165) is 0 Å². The number of rotatable bonds is 4. The number of methoxy groups -OCH3 is 2. The van der Waals surface area contributed by atoms with Gasteiger partial charge < -0.3 is 19.1 Å². The van der Waals surface area contributed by atoms with Crippen LogP contribution in [0.2, 0.25) is 0 Å². The highest BCUT2D eigenvalue weighted by molar-refractivity contribution is 5.93. The van der Waals surface area contributed by atoms with Gasteiger partial charge in [0.05, 0.1) is 24.5 Å². The molecule has 0 saturated carbocycles. The minimum absolute atomic E-state index is 0.00573. The molecule has 2 heterocycles. The zero-order valence-electron chi connectivity index (χ0n) is 13.6. The van der Waals surface area contributed by atoms with Crippen molar-refractivity contribution >= 4 is 17.5 Å². The molecule has 1 aromatic rings. The normalized spacial score (nSPS) is 22.6. The van der Waals surface area contributed by atoms with Gasteiger partial charge in [0.1, 0.15) is 6.61 Å². The number of hydrogen-bond donors (Lipinski definition) is 0. The van der Waals surface area contributed by atoms with Crippen LogP contribution in [0.4, 0.5) is 25.0 Å². The largest absolute Gasteiger partial charge is 0.447 e. The van der Waals surface area contributed by atoms with E-state index in [1.54, 1.807) is 29.2 Å². The lowest BCUT2D eigenvalue weighted by Crippen LogP contribution is -2.62. The zero-order chi connectivity index (χ0) is 17.4. The van der Waals surface area contributed by atoms with E-state index in [4.69, 9.17) is 14.2 Å². The average molecular weight is 342 g/mol. The molecule has 6 nitrogen and oxygen atoms in total. The van der Waals surface area contributed by atoms with Gasteiger partial charge in [-0.3, -0.25) is 4.90 Å². The number of para-hydroxylation sites is 2. The van der Waals surface area contributed by atoms with E-state index in [1.807, 2.05) is 0 Å². The van der Waals surface area contributed by atoms with Crippen molar-refractivity contribution in [1.29, 1.82) is 0 Å². The van der Waals surface area contributed by atoms with E-state index >= 15 is 0 Å². The second kappa shape index (κ2) is 6.18. The van der Waals surface area contributed by atoms with Crippen LogP contribution in [-0.2, 0) is 14.2 Å². The van der Waals surface area contributed by atoms with Crippen molar-refractivity contribution in [3.63, 3.8) is 0 Å². The number of alkyl halides is 2. The van der Waals surface area contributed by atoms with Gasteiger partial charge in [-0.15, -0.1) is 0 Å². The Morgan fingerprint density at radius 3 is 2.33 bits per heavy atom. The lowest BCUT2D eigenvalue weighted by Gasteiger charge is -2.46. The molecule has 0 aromatic heterocycles. The highest BCUT2D eigenvalue weighted by Crippen LogP contribution is 2.43. The summed E-state index contributed by atoms with van der Waals surface area (Å²) >= 11 is 0. The Morgan fingerprint density at radius 1 is 1.12 bits per heavy atom. The molecule has 0 aliphatic carbocycles. The van der Waals surface area contributed by atoms with Gasteiger partial charge in [0.25, 0.3) is 0 Å². The zero-order valence-corrected chi connectivity index (χ0v) is 13.6. The first-order valence-corrected chi connectivity index (χ1v) is 7.70. The number of piperidine rings is 1. The van der Waals surface area contributed by atoms with Crippen LogP contribution in [0.3, 0.4) is 0 Å². The summed E-state index contributed by atoms with van der Waals surface area (Å²) in [4.78, 5) is 14.8. The van der Waals surface area contributed by atoms with Crippen LogP contribution >= 0.6 is 0 Å². The van der Waals surface area contributed by atoms with Crippen molar-refractivity contribution < 1.29 is 27.8 Å². The molecule has 1 amide bonds. The predicted octanol–water partition coefficient (Wildman–Crippen LogP) is 2.48. The van der Waals surface area contributed by atoms with Gasteiger partial charge in [-0.05, 0) is 12.1 Å². The van der Waals surface area contributed by atoms with E-state index in [-0.39, 0.29) is 6.42 Å². The average Bonchev–Trinajstić information content (AvgIpc) is 3.00. The van der Waals surface area contributed by atoms with Crippen LogP contribution in [-0.4, -0.2) is 58.3 Å². The molecule has 0 unspecified atom stereocenters. The molecule has 0 N–H and O–H groups in total. The smallest absolute Gasteiger partial charge is 0.414 e. The number of halogens is 2. The lowest BCUT2D eigenvalue weighted by atomic mass is 9.98.